The number of aliphatic carboxylic acids is 2. The van der Waals surface area contributed by atoms with Crippen molar-refractivity contribution < 1.29 is 35.1 Å². The zero-order valence-corrected chi connectivity index (χ0v) is 16.9. The highest BCUT2D eigenvalue weighted by molar-refractivity contribution is 5.70. The predicted octanol–water partition coefficient (Wildman–Crippen LogP) is 2.91. The first kappa shape index (κ1) is 29.6. The second-order valence-electron chi connectivity index (χ2n) is 6.19. The Hall–Kier alpha value is -1.18. The molecule has 26 heavy (non-hydrogen) atoms. The van der Waals surface area contributed by atoms with Crippen LogP contribution in [0.25, 0.3) is 0 Å². The standard InChI is InChI=1S/2C8H16O2.C3H8O3/c2*1-3-5-6-7(4-2)8(9)10;4-1-3(6)2-5/h2*7H,3-6H2,1-2H3,(H,9,10);3-6H,1-2H2. The first-order valence-electron chi connectivity index (χ1n) is 9.60. The lowest BCUT2D eigenvalue weighted by Crippen LogP contribution is -2.15. The van der Waals surface area contributed by atoms with Crippen molar-refractivity contribution in [1.29, 1.82) is 0 Å². The van der Waals surface area contributed by atoms with Gasteiger partial charge in [0.2, 0.25) is 0 Å². The molecule has 0 saturated heterocycles. The van der Waals surface area contributed by atoms with E-state index in [0.29, 0.717) is 0 Å². The molecular formula is C19H40O7. The first-order valence-corrected chi connectivity index (χ1v) is 9.60. The summed E-state index contributed by atoms with van der Waals surface area (Å²) in [5, 5.41) is 41.2. The van der Waals surface area contributed by atoms with Gasteiger partial charge >= 0.3 is 11.9 Å². The summed E-state index contributed by atoms with van der Waals surface area (Å²) in [6.45, 7) is 7.28. The van der Waals surface area contributed by atoms with Gasteiger partial charge in [0.15, 0.2) is 0 Å². The molecule has 0 saturated carbocycles. The summed E-state index contributed by atoms with van der Waals surface area (Å²) >= 11 is 0. The lowest BCUT2D eigenvalue weighted by atomic mass is 10.00. The molecule has 0 aliphatic rings. The van der Waals surface area contributed by atoms with Gasteiger partial charge in [0.05, 0.1) is 25.0 Å². The minimum Gasteiger partial charge on any atom is -0.481 e. The minimum absolute atomic E-state index is 0.111. The van der Waals surface area contributed by atoms with Crippen LogP contribution in [0.1, 0.15) is 79.1 Å². The second kappa shape index (κ2) is 21.9. The van der Waals surface area contributed by atoms with Crippen LogP contribution in [0.5, 0.6) is 0 Å². The molecule has 2 atom stereocenters. The molecular weight excluding hydrogens is 340 g/mol. The molecule has 0 amide bonds. The summed E-state index contributed by atoms with van der Waals surface area (Å²) in [5.41, 5.74) is 0. The Morgan fingerprint density at radius 3 is 1.15 bits per heavy atom. The van der Waals surface area contributed by atoms with E-state index in [1.165, 1.54) is 0 Å². The maximum atomic E-state index is 10.4. The maximum absolute atomic E-state index is 10.4. The Morgan fingerprint density at radius 1 is 0.731 bits per heavy atom. The molecule has 0 aromatic heterocycles. The molecule has 0 aromatic carbocycles. The molecule has 0 heterocycles. The van der Waals surface area contributed by atoms with Gasteiger partial charge in [0, 0.05) is 0 Å². The van der Waals surface area contributed by atoms with E-state index >= 15 is 0 Å². The fraction of sp³-hybridized carbons (Fsp3) is 0.895. The second-order valence-corrected chi connectivity index (χ2v) is 6.19. The third kappa shape index (κ3) is 20.9. The Kier molecular flexibility index (Phi) is 24.9. The van der Waals surface area contributed by atoms with Crippen LogP contribution in [0.2, 0.25) is 0 Å². The number of carboxylic acids is 2. The Labute approximate surface area is 158 Å². The van der Waals surface area contributed by atoms with E-state index in [4.69, 9.17) is 25.5 Å². The maximum Gasteiger partial charge on any atom is 0.306 e. The van der Waals surface area contributed by atoms with Gasteiger partial charge in [0.25, 0.3) is 0 Å². The fourth-order valence-corrected chi connectivity index (χ4v) is 1.96. The van der Waals surface area contributed by atoms with Crippen LogP contribution in [0.3, 0.4) is 0 Å². The average Bonchev–Trinajstić information content (AvgIpc) is 2.62. The molecule has 158 valence electrons. The molecule has 7 heteroatoms. The van der Waals surface area contributed by atoms with Crippen LogP contribution in [-0.2, 0) is 9.59 Å². The largest absolute Gasteiger partial charge is 0.481 e. The van der Waals surface area contributed by atoms with Crippen LogP contribution in [0, 0.1) is 11.8 Å². The highest BCUT2D eigenvalue weighted by Crippen LogP contribution is 2.12. The van der Waals surface area contributed by atoms with E-state index in [-0.39, 0.29) is 25.0 Å². The predicted molar refractivity (Wildman–Crippen MR) is 102 cm³/mol. The molecule has 0 rings (SSSR count). The number of aliphatic hydroxyl groups is 3. The van der Waals surface area contributed by atoms with Gasteiger partial charge in [0.1, 0.15) is 6.10 Å². The van der Waals surface area contributed by atoms with Crippen molar-refractivity contribution in [2.24, 2.45) is 11.8 Å². The number of aliphatic hydroxyl groups excluding tert-OH is 3. The van der Waals surface area contributed by atoms with E-state index in [0.717, 1.165) is 51.4 Å². The summed E-state index contributed by atoms with van der Waals surface area (Å²) in [6, 6.07) is 0. The summed E-state index contributed by atoms with van der Waals surface area (Å²) in [6.07, 6.45) is 6.48. The Bertz CT molecular complexity index is 291. The number of rotatable bonds is 12. The van der Waals surface area contributed by atoms with Gasteiger partial charge < -0.3 is 25.5 Å². The number of hydrogen-bond donors (Lipinski definition) is 5. The number of unbranched alkanes of at least 4 members (excludes halogenated alkanes) is 2. The van der Waals surface area contributed by atoms with Crippen molar-refractivity contribution in [3.05, 3.63) is 0 Å². The molecule has 0 aromatic rings. The number of carboxylic acid groups (broad SMARTS) is 2. The van der Waals surface area contributed by atoms with E-state index in [2.05, 4.69) is 13.8 Å². The van der Waals surface area contributed by atoms with Gasteiger partial charge in [-0.3, -0.25) is 9.59 Å². The van der Waals surface area contributed by atoms with Crippen molar-refractivity contribution in [1.82, 2.24) is 0 Å². The van der Waals surface area contributed by atoms with Gasteiger partial charge in [-0.1, -0.05) is 53.4 Å². The lowest BCUT2D eigenvalue weighted by Gasteiger charge is -2.06. The van der Waals surface area contributed by atoms with Crippen LogP contribution in [-0.4, -0.2) is 56.8 Å². The summed E-state index contributed by atoms with van der Waals surface area (Å²) in [4.78, 5) is 20.9. The van der Waals surface area contributed by atoms with Gasteiger partial charge in [-0.05, 0) is 25.7 Å². The summed E-state index contributed by atoms with van der Waals surface area (Å²) in [5.74, 6) is -1.51. The van der Waals surface area contributed by atoms with E-state index < -0.39 is 18.0 Å². The first-order chi connectivity index (χ1) is 12.2. The topological polar surface area (TPSA) is 135 Å². The normalized spacial score (nSPS) is 12.3. The molecule has 7 nitrogen and oxygen atoms in total. The third-order valence-corrected chi connectivity index (χ3v) is 3.92. The summed E-state index contributed by atoms with van der Waals surface area (Å²) in [7, 11) is 0. The van der Waals surface area contributed by atoms with Crippen LogP contribution >= 0.6 is 0 Å². The molecule has 0 aliphatic heterocycles. The molecule has 0 bridgehead atoms. The van der Waals surface area contributed by atoms with E-state index in [9.17, 15) is 9.59 Å². The fourth-order valence-electron chi connectivity index (χ4n) is 1.96. The molecule has 0 spiro atoms. The molecule has 2 unspecified atom stereocenters. The van der Waals surface area contributed by atoms with Crippen molar-refractivity contribution in [2.45, 2.75) is 85.2 Å². The molecule has 0 radical (unpaired) electrons. The Balaban J connectivity index is -0.000000316. The monoisotopic (exact) mass is 380 g/mol. The number of hydrogen-bond acceptors (Lipinski definition) is 5. The number of carbonyl (C=O) groups is 2. The molecule has 0 fully saturated rings. The third-order valence-electron chi connectivity index (χ3n) is 3.92. The van der Waals surface area contributed by atoms with Crippen LogP contribution in [0.4, 0.5) is 0 Å². The average molecular weight is 381 g/mol. The quantitative estimate of drug-likeness (QED) is 0.351. The van der Waals surface area contributed by atoms with E-state index in [1.807, 2.05) is 13.8 Å². The Morgan fingerprint density at radius 2 is 1.04 bits per heavy atom. The van der Waals surface area contributed by atoms with Crippen molar-refractivity contribution in [3.8, 4) is 0 Å². The van der Waals surface area contributed by atoms with Crippen LogP contribution < -0.4 is 0 Å². The zero-order valence-electron chi connectivity index (χ0n) is 16.9. The molecule has 5 N–H and O–H groups in total. The lowest BCUT2D eigenvalue weighted by molar-refractivity contribution is -0.143. The summed E-state index contributed by atoms with van der Waals surface area (Å²) < 4.78 is 0. The smallest absolute Gasteiger partial charge is 0.306 e. The SMILES string of the molecule is CCCCC(CC)C(=O)O.CCCCC(CC)C(=O)O.OCC(O)CO. The van der Waals surface area contributed by atoms with Crippen molar-refractivity contribution in [2.75, 3.05) is 13.2 Å². The van der Waals surface area contributed by atoms with E-state index in [1.54, 1.807) is 0 Å². The minimum atomic E-state index is -0.954. The highest BCUT2D eigenvalue weighted by atomic mass is 16.4. The highest BCUT2D eigenvalue weighted by Gasteiger charge is 2.13. The van der Waals surface area contributed by atoms with Crippen molar-refractivity contribution >= 4 is 11.9 Å². The van der Waals surface area contributed by atoms with Crippen molar-refractivity contribution in [3.63, 3.8) is 0 Å². The van der Waals surface area contributed by atoms with Gasteiger partial charge in [-0.25, -0.2) is 0 Å². The molecule has 0 aliphatic carbocycles. The van der Waals surface area contributed by atoms with Crippen LogP contribution in [0.15, 0.2) is 0 Å². The van der Waals surface area contributed by atoms with Gasteiger partial charge in [-0.15, -0.1) is 0 Å². The zero-order chi connectivity index (χ0) is 21.0. The van der Waals surface area contributed by atoms with Gasteiger partial charge in [-0.2, -0.15) is 0 Å².